The van der Waals surface area contributed by atoms with E-state index < -0.39 is 0 Å². The zero-order chi connectivity index (χ0) is 6.48. The van der Waals surface area contributed by atoms with Crippen molar-refractivity contribution < 1.29 is 0 Å². The lowest BCUT2D eigenvalue weighted by atomic mass is 10.4. The van der Waals surface area contributed by atoms with Gasteiger partial charge in [-0.2, -0.15) is 0 Å². The maximum absolute atomic E-state index is 3.96. The fourth-order valence-electron chi connectivity index (χ4n) is 1.28. The molecule has 0 unspecified atom stereocenters. The fraction of sp³-hybridized carbons (Fsp3) is 0.714. The fourth-order valence-corrected chi connectivity index (χ4v) is 2.56. The van der Waals surface area contributed by atoms with Crippen LogP contribution in [0.1, 0.15) is 12.8 Å². The molecule has 1 nitrogen and oxygen atoms in total. The highest BCUT2D eigenvalue weighted by Gasteiger charge is 2.49. The topological polar surface area (TPSA) is 3.24 Å². The van der Waals surface area contributed by atoms with Crippen LogP contribution in [-0.4, -0.2) is 23.2 Å². The van der Waals surface area contributed by atoms with E-state index >= 15 is 0 Å². The molecule has 1 saturated carbocycles. The van der Waals surface area contributed by atoms with Gasteiger partial charge in [-0.15, -0.1) is 11.8 Å². The van der Waals surface area contributed by atoms with Crippen LogP contribution in [0.3, 0.4) is 0 Å². The van der Waals surface area contributed by atoms with Gasteiger partial charge in [0.2, 0.25) is 0 Å². The molecule has 9 heavy (non-hydrogen) atoms. The minimum Gasteiger partial charge on any atom is -0.368 e. The summed E-state index contributed by atoms with van der Waals surface area (Å²) in [5.41, 5.74) is 0. The molecular formula is C7H11NS. The summed E-state index contributed by atoms with van der Waals surface area (Å²) in [6.45, 7) is 5.19. The van der Waals surface area contributed by atoms with Crippen molar-refractivity contribution in [1.82, 2.24) is 4.90 Å². The van der Waals surface area contributed by atoms with Crippen molar-refractivity contribution in [2.24, 2.45) is 0 Å². The first-order chi connectivity index (χ1) is 4.22. The normalized spacial score (nSPS) is 29.9. The van der Waals surface area contributed by atoms with Crippen LogP contribution in [0.25, 0.3) is 0 Å². The lowest BCUT2D eigenvalue weighted by Crippen LogP contribution is -2.15. The second kappa shape index (κ2) is 1.48. The molecule has 0 aromatic heterocycles. The molecule has 1 aliphatic heterocycles. The van der Waals surface area contributed by atoms with Crippen molar-refractivity contribution in [3.63, 3.8) is 0 Å². The molecule has 0 radical (unpaired) electrons. The number of rotatable bonds is 0. The minimum absolute atomic E-state index is 0.631. The molecule has 1 saturated heterocycles. The van der Waals surface area contributed by atoms with E-state index in [0.29, 0.717) is 4.75 Å². The highest BCUT2D eigenvalue weighted by atomic mass is 32.2. The van der Waals surface area contributed by atoms with Gasteiger partial charge in [-0.05, 0) is 12.8 Å². The van der Waals surface area contributed by atoms with E-state index in [4.69, 9.17) is 0 Å². The van der Waals surface area contributed by atoms with Crippen molar-refractivity contribution in [3.8, 4) is 0 Å². The number of nitrogens with zero attached hydrogens (tertiary/aromatic N) is 1. The first-order valence-corrected chi connectivity index (χ1v) is 4.13. The molecule has 1 spiro atoms. The van der Waals surface area contributed by atoms with Crippen LogP contribution in [0.4, 0.5) is 0 Å². The Morgan fingerprint density at radius 3 is 2.56 bits per heavy atom. The highest BCUT2D eigenvalue weighted by molar-refractivity contribution is 8.04. The Balaban J connectivity index is 2.14. The summed E-state index contributed by atoms with van der Waals surface area (Å²) in [5.74, 6) is 0. The zero-order valence-corrected chi connectivity index (χ0v) is 6.50. The Hall–Kier alpha value is -0.110. The van der Waals surface area contributed by atoms with Crippen molar-refractivity contribution >= 4 is 11.8 Å². The number of thioether (sulfide) groups is 1. The maximum atomic E-state index is 3.96. The van der Waals surface area contributed by atoms with Gasteiger partial charge in [0.1, 0.15) is 0 Å². The van der Waals surface area contributed by atoms with Gasteiger partial charge in [-0.25, -0.2) is 0 Å². The molecule has 0 amide bonds. The third-order valence-electron chi connectivity index (χ3n) is 2.09. The van der Waals surface area contributed by atoms with Gasteiger partial charge in [0.25, 0.3) is 0 Å². The van der Waals surface area contributed by atoms with E-state index in [2.05, 4.69) is 18.5 Å². The van der Waals surface area contributed by atoms with E-state index in [9.17, 15) is 0 Å². The highest BCUT2D eigenvalue weighted by Crippen LogP contribution is 2.56. The summed E-state index contributed by atoms with van der Waals surface area (Å²) >= 11 is 1.97. The van der Waals surface area contributed by atoms with Crippen LogP contribution in [0.5, 0.6) is 0 Å². The Morgan fingerprint density at radius 2 is 2.33 bits per heavy atom. The smallest absolute Gasteiger partial charge is 0.0638 e. The van der Waals surface area contributed by atoms with E-state index in [1.807, 2.05) is 11.8 Å². The van der Waals surface area contributed by atoms with Crippen LogP contribution < -0.4 is 0 Å². The van der Waals surface area contributed by atoms with Crippen LogP contribution in [0.2, 0.25) is 0 Å². The Kier molecular flexibility index (Phi) is 0.933. The van der Waals surface area contributed by atoms with Crippen molar-refractivity contribution in [1.29, 1.82) is 0 Å². The van der Waals surface area contributed by atoms with Crippen molar-refractivity contribution in [2.75, 3.05) is 13.6 Å². The first kappa shape index (κ1) is 5.66. The molecule has 1 heterocycles. The second-order valence-electron chi connectivity index (χ2n) is 3.03. The van der Waals surface area contributed by atoms with Gasteiger partial charge in [-0.3, -0.25) is 0 Å². The van der Waals surface area contributed by atoms with E-state index in [0.717, 1.165) is 0 Å². The number of hydrogen-bond acceptors (Lipinski definition) is 2. The maximum Gasteiger partial charge on any atom is 0.0638 e. The SMILES string of the molecule is C=C1SC2(CC2)CN1C. The summed E-state index contributed by atoms with van der Waals surface area (Å²) < 4.78 is 0.631. The van der Waals surface area contributed by atoms with E-state index in [-0.39, 0.29) is 0 Å². The molecule has 50 valence electrons. The molecule has 2 fully saturated rings. The summed E-state index contributed by atoms with van der Waals surface area (Å²) in [5, 5.41) is 1.26. The van der Waals surface area contributed by atoms with Gasteiger partial charge in [0.05, 0.1) is 5.03 Å². The first-order valence-electron chi connectivity index (χ1n) is 3.31. The van der Waals surface area contributed by atoms with Gasteiger partial charge in [-0.1, -0.05) is 6.58 Å². The lowest BCUT2D eigenvalue weighted by Gasteiger charge is -2.08. The largest absolute Gasteiger partial charge is 0.368 e. The van der Waals surface area contributed by atoms with E-state index in [1.54, 1.807) is 0 Å². The molecule has 0 aromatic rings. The average Bonchev–Trinajstić information content (AvgIpc) is 2.42. The molecule has 0 N–H and O–H groups in total. The monoisotopic (exact) mass is 141 g/mol. The van der Waals surface area contributed by atoms with Crippen LogP contribution in [-0.2, 0) is 0 Å². The van der Waals surface area contributed by atoms with Gasteiger partial charge < -0.3 is 4.90 Å². The van der Waals surface area contributed by atoms with Crippen molar-refractivity contribution in [3.05, 3.63) is 11.6 Å². The molecule has 0 aromatic carbocycles. The van der Waals surface area contributed by atoms with E-state index in [1.165, 1.54) is 24.4 Å². The predicted octanol–water partition coefficient (Wildman–Crippen LogP) is 1.67. The summed E-state index contributed by atoms with van der Waals surface area (Å²) in [6, 6.07) is 0. The quantitative estimate of drug-likeness (QED) is 0.505. The molecule has 1 aliphatic carbocycles. The minimum atomic E-state index is 0.631. The van der Waals surface area contributed by atoms with Gasteiger partial charge in [0, 0.05) is 18.3 Å². The molecule has 2 aliphatic rings. The Morgan fingerprint density at radius 1 is 1.67 bits per heavy atom. The zero-order valence-electron chi connectivity index (χ0n) is 5.68. The number of hydrogen-bond donors (Lipinski definition) is 0. The summed E-state index contributed by atoms with van der Waals surface area (Å²) in [6.07, 6.45) is 2.81. The van der Waals surface area contributed by atoms with Crippen LogP contribution >= 0.6 is 11.8 Å². The lowest BCUT2D eigenvalue weighted by molar-refractivity contribution is 0.460. The third-order valence-corrected chi connectivity index (χ3v) is 3.61. The molecule has 0 atom stereocenters. The Bertz CT molecular complexity index is 160. The van der Waals surface area contributed by atoms with Crippen LogP contribution in [0, 0.1) is 0 Å². The Labute approximate surface area is 60.1 Å². The van der Waals surface area contributed by atoms with Crippen molar-refractivity contribution in [2.45, 2.75) is 17.6 Å². The van der Waals surface area contributed by atoms with Crippen LogP contribution in [0.15, 0.2) is 11.6 Å². The average molecular weight is 141 g/mol. The molecule has 2 rings (SSSR count). The molecule has 0 bridgehead atoms. The predicted molar refractivity (Wildman–Crippen MR) is 41.3 cm³/mol. The van der Waals surface area contributed by atoms with Gasteiger partial charge >= 0.3 is 0 Å². The standard InChI is InChI=1S/C7H11NS/c1-6-8(2)5-7(9-6)3-4-7/h1,3-5H2,2H3. The second-order valence-corrected chi connectivity index (χ2v) is 4.58. The summed E-state index contributed by atoms with van der Waals surface area (Å²) in [4.78, 5) is 2.26. The van der Waals surface area contributed by atoms with Gasteiger partial charge in [0.15, 0.2) is 0 Å². The third kappa shape index (κ3) is 0.767. The molecular weight excluding hydrogens is 130 g/mol. The summed E-state index contributed by atoms with van der Waals surface area (Å²) in [7, 11) is 2.13. The molecule has 2 heteroatoms.